The summed E-state index contributed by atoms with van der Waals surface area (Å²) in [4.78, 5) is 24.7. The highest BCUT2D eigenvalue weighted by atomic mass is 32.2. The van der Waals surface area contributed by atoms with Crippen LogP contribution in [-0.4, -0.2) is 53.3 Å². The zero-order chi connectivity index (χ0) is 22.4. The largest absolute Gasteiger partial charge is 0.497 e. The van der Waals surface area contributed by atoms with Crippen LogP contribution in [0.15, 0.2) is 64.6 Å². The van der Waals surface area contributed by atoms with Gasteiger partial charge in [0.15, 0.2) is 5.66 Å². The summed E-state index contributed by atoms with van der Waals surface area (Å²) in [7, 11) is 1.67. The van der Waals surface area contributed by atoms with Crippen LogP contribution in [-0.2, 0) is 6.54 Å². The van der Waals surface area contributed by atoms with Crippen molar-refractivity contribution in [2.45, 2.75) is 38.4 Å². The van der Waals surface area contributed by atoms with E-state index in [1.165, 1.54) is 0 Å². The second-order valence-corrected chi connectivity index (χ2v) is 9.15. The van der Waals surface area contributed by atoms with Crippen molar-refractivity contribution in [2.24, 2.45) is 9.98 Å². The number of urea groups is 1. The maximum absolute atomic E-state index is 12.7. The van der Waals surface area contributed by atoms with Crippen LogP contribution in [0.4, 0.5) is 4.79 Å². The van der Waals surface area contributed by atoms with Gasteiger partial charge in [0, 0.05) is 38.0 Å². The van der Waals surface area contributed by atoms with Crippen molar-refractivity contribution in [1.82, 2.24) is 10.2 Å². The molecule has 0 saturated carbocycles. The number of methoxy groups -OCH3 is 1. The number of carbonyl (C=O) groups is 1. The van der Waals surface area contributed by atoms with Gasteiger partial charge in [-0.25, -0.2) is 9.79 Å². The monoisotopic (exact) mass is 450 g/mol. The fourth-order valence-corrected chi connectivity index (χ4v) is 4.87. The quantitative estimate of drug-likeness (QED) is 0.691. The third kappa shape index (κ3) is 5.15. The Balaban J connectivity index is 1.43. The van der Waals surface area contributed by atoms with Crippen molar-refractivity contribution in [2.75, 3.05) is 26.0 Å². The van der Waals surface area contributed by atoms with Gasteiger partial charge in [0.25, 0.3) is 0 Å². The van der Waals surface area contributed by atoms with E-state index in [0.717, 1.165) is 52.6 Å². The zero-order valence-electron chi connectivity index (χ0n) is 18.7. The first kappa shape index (κ1) is 22.4. The van der Waals surface area contributed by atoms with E-state index in [9.17, 15) is 4.79 Å². The molecule has 2 aliphatic heterocycles. The number of hydrogen-bond donors (Lipinski definition) is 1. The zero-order valence-corrected chi connectivity index (χ0v) is 19.5. The van der Waals surface area contributed by atoms with Gasteiger partial charge in [-0.1, -0.05) is 37.3 Å². The average molecular weight is 451 g/mol. The first-order valence-electron chi connectivity index (χ1n) is 11.2. The molecule has 0 aliphatic carbocycles. The number of aliphatic imine (C=N–C) groups is 2. The van der Waals surface area contributed by atoms with E-state index in [1.54, 1.807) is 18.9 Å². The fraction of sp³-hybridized carbons (Fsp3) is 0.400. The molecule has 1 fully saturated rings. The highest BCUT2D eigenvalue weighted by Gasteiger charge is 2.40. The van der Waals surface area contributed by atoms with E-state index in [-0.39, 0.29) is 6.03 Å². The topological polar surface area (TPSA) is 66.3 Å². The van der Waals surface area contributed by atoms with Gasteiger partial charge in [-0.05, 0) is 42.0 Å². The standard InChI is InChI=1S/C25H30N4O2S/c1-3-17-32-23-22(20-9-11-21(31-2)12-10-20)27-25(28-23)13-15-29(16-14-25)24(30)26-18-19-7-5-4-6-8-19/h4-12H,3,13-18H2,1-2H3,(H,26,30). The Hall–Kier alpha value is -2.80. The van der Waals surface area contributed by atoms with Gasteiger partial charge < -0.3 is 15.0 Å². The Kier molecular flexibility index (Phi) is 7.15. The van der Waals surface area contributed by atoms with E-state index < -0.39 is 5.66 Å². The Morgan fingerprint density at radius 2 is 1.81 bits per heavy atom. The van der Waals surface area contributed by atoms with Gasteiger partial charge in [-0.3, -0.25) is 4.99 Å². The van der Waals surface area contributed by atoms with Gasteiger partial charge >= 0.3 is 6.03 Å². The molecule has 2 aromatic rings. The summed E-state index contributed by atoms with van der Waals surface area (Å²) in [6.07, 6.45) is 2.56. The minimum atomic E-state index is -0.457. The van der Waals surface area contributed by atoms with Crippen molar-refractivity contribution in [3.8, 4) is 5.75 Å². The molecule has 0 atom stereocenters. The van der Waals surface area contributed by atoms with E-state index in [0.29, 0.717) is 19.6 Å². The number of rotatable bonds is 6. The Labute approximate surface area is 194 Å². The number of carbonyl (C=O) groups excluding carboxylic acids is 1. The molecule has 4 rings (SSSR count). The molecule has 6 nitrogen and oxygen atoms in total. The van der Waals surface area contributed by atoms with E-state index in [2.05, 4.69) is 12.2 Å². The number of hydrogen-bond acceptors (Lipinski definition) is 5. The molecular weight excluding hydrogens is 420 g/mol. The summed E-state index contributed by atoms with van der Waals surface area (Å²) in [5, 5.41) is 4.04. The summed E-state index contributed by atoms with van der Waals surface area (Å²) in [5.41, 5.74) is 2.67. The maximum atomic E-state index is 12.7. The molecule has 0 bridgehead atoms. The van der Waals surface area contributed by atoms with E-state index >= 15 is 0 Å². The lowest BCUT2D eigenvalue weighted by Crippen LogP contribution is -2.48. The highest BCUT2D eigenvalue weighted by molar-refractivity contribution is 8.15. The van der Waals surface area contributed by atoms with Gasteiger partial charge in [-0.15, -0.1) is 11.8 Å². The smallest absolute Gasteiger partial charge is 0.317 e. The number of benzene rings is 2. The molecule has 168 valence electrons. The van der Waals surface area contributed by atoms with Crippen molar-refractivity contribution in [3.05, 3.63) is 65.7 Å². The molecule has 1 N–H and O–H groups in total. The molecule has 2 amide bonds. The van der Waals surface area contributed by atoms with Crippen molar-refractivity contribution in [3.63, 3.8) is 0 Å². The van der Waals surface area contributed by atoms with Gasteiger partial charge in [-0.2, -0.15) is 0 Å². The van der Waals surface area contributed by atoms with Crippen LogP contribution >= 0.6 is 11.8 Å². The fourth-order valence-electron chi connectivity index (χ4n) is 3.94. The number of piperidine rings is 1. The minimum absolute atomic E-state index is 0.0226. The first-order valence-corrected chi connectivity index (χ1v) is 12.1. The molecule has 0 aromatic heterocycles. The van der Waals surface area contributed by atoms with Crippen molar-refractivity contribution in [1.29, 1.82) is 0 Å². The molecule has 2 heterocycles. The van der Waals surface area contributed by atoms with E-state index in [4.69, 9.17) is 14.7 Å². The number of likely N-dealkylation sites (tertiary alicyclic amines) is 1. The SMILES string of the molecule is CCCSC1=NC2(CCN(C(=O)NCc3ccccc3)CC2)N=C1c1ccc(OC)cc1. The second-order valence-electron chi connectivity index (χ2n) is 8.07. The van der Waals surface area contributed by atoms with Crippen LogP contribution in [0.2, 0.25) is 0 Å². The number of thioether (sulfide) groups is 1. The molecule has 32 heavy (non-hydrogen) atoms. The van der Waals surface area contributed by atoms with Crippen LogP contribution in [0.3, 0.4) is 0 Å². The van der Waals surface area contributed by atoms with Crippen LogP contribution in [0.1, 0.15) is 37.3 Å². The predicted molar refractivity (Wildman–Crippen MR) is 132 cm³/mol. The summed E-state index contributed by atoms with van der Waals surface area (Å²) >= 11 is 1.77. The maximum Gasteiger partial charge on any atom is 0.317 e. The molecule has 2 aromatic carbocycles. The third-order valence-corrected chi connectivity index (χ3v) is 6.95. The van der Waals surface area contributed by atoms with E-state index in [1.807, 2.05) is 59.5 Å². The summed E-state index contributed by atoms with van der Waals surface area (Å²) in [6, 6.07) is 18.0. The number of ether oxygens (including phenoxy) is 1. The minimum Gasteiger partial charge on any atom is -0.497 e. The lowest BCUT2D eigenvalue weighted by molar-refractivity contribution is 0.163. The molecular formula is C25H30N4O2S. The highest BCUT2D eigenvalue weighted by Crippen LogP contribution is 2.36. The van der Waals surface area contributed by atoms with Crippen LogP contribution in [0.25, 0.3) is 0 Å². The molecule has 1 spiro atoms. The Bertz CT molecular complexity index is 981. The van der Waals surface area contributed by atoms with Crippen LogP contribution in [0.5, 0.6) is 5.75 Å². The van der Waals surface area contributed by atoms with Gasteiger partial charge in [0.2, 0.25) is 0 Å². The molecule has 7 heteroatoms. The van der Waals surface area contributed by atoms with Gasteiger partial charge in [0.05, 0.1) is 12.8 Å². The number of nitrogens with zero attached hydrogens (tertiary/aromatic N) is 3. The molecule has 2 aliphatic rings. The first-order chi connectivity index (χ1) is 15.6. The summed E-state index contributed by atoms with van der Waals surface area (Å²) in [6.45, 7) is 4.01. The lowest BCUT2D eigenvalue weighted by Gasteiger charge is -2.35. The average Bonchev–Trinajstić information content (AvgIpc) is 3.20. The molecule has 0 unspecified atom stereocenters. The van der Waals surface area contributed by atoms with Crippen LogP contribution < -0.4 is 10.1 Å². The third-order valence-electron chi connectivity index (χ3n) is 5.78. The Morgan fingerprint density at radius 1 is 1.09 bits per heavy atom. The van der Waals surface area contributed by atoms with Crippen molar-refractivity contribution < 1.29 is 9.53 Å². The number of nitrogens with one attached hydrogen (secondary N) is 1. The van der Waals surface area contributed by atoms with Crippen LogP contribution in [0, 0.1) is 0 Å². The predicted octanol–water partition coefficient (Wildman–Crippen LogP) is 4.74. The second kappa shape index (κ2) is 10.2. The Morgan fingerprint density at radius 3 is 2.47 bits per heavy atom. The number of amides is 2. The summed E-state index contributed by atoms with van der Waals surface area (Å²) < 4.78 is 5.30. The lowest BCUT2D eigenvalue weighted by atomic mass is 9.98. The summed E-state index contributed by atoms with van der Waals surface area (Å²) in [5.74, 6) is 1.84. The van der Waals surface area contributed by atoms with Gasteiger partial charge in [0.1, 0.15) is 10.8 Å². The molecule has 0 radical (unpaired) electrons. The van der Waals surface area contributed by atoms with Crippen molar-refractivity contribution >= 4 is 28.5 Å². The molecule has 1 saturated heterocycles. The normalized spacial score (nSPS) is 17.1.